The average molecular weight is 265 g/mol. The van der Waals surface area contributed by atoms with Gasteiger partial charge < -0.3 is 9.64 Å². The van der Waals surface area contributed by atoms with Gasteiger partial charge in [0.25, 0.3) is 0 Å². The number of likely N-dealkylation sites (tertiary alicyclic amines) is 1. The second-order valence-corrected chi connectivity index (χ2v) is 5.28. The van der Waals surface area contributed by atoms with Crippen LogP contribution < -0.4 is 0 Å². The summed E-state index contributed by atoms with van der Waals surface area (Å²) in [5, 5.41) is 0. The summed E-state index contributed by atoms with van der Waals surface area (Å²) in [6.45, 7) is 2.88. The SMILES string of the molecule is CCOC(=O)C1CCCCN1C(=O)C1CC=CCC1. The van der Waals surface area contributed by atoms with Crippen LogP contribution in [0.5, 0.6) is 0 Å². The van der Waals surface area contributed by atoms with Crippen LogP contribution in [0.25, 0.3) is 0 Å². The Morgan fingerprint density at radius 3 is 2.79 bits per heavy atom. The number of rotatable bonds is 3. The van der Waals surface area contributed by atoms with E-state index in [1.807, 2.05) is 0 Å². The van der Waals surface area contributed by atoms with Crippen LogP contribution in [0, 0.1) is 5.92 Å². The highest BCUT2D eigenvalue weighted by molar-refractivity contribution is 5.86. The lowest BCUT2D eigenvalue weighted by Gasteiger charge is -2.36. The number of ether oxygens (including phenoxy) is 1. The molecule has 0 N–H and O–H groups in total. The molecular weight excluding hydrogens is 242 g/mol. The van der Waals surface area contributed by atoms with Crippen molar-refractivity contribution in [3.8, 4) is 0 Å². The van der Waals surface area contributed by atoms with E-state index in [-0.39, 0.29) is 23.8 Å². The van der Waals surface area contributed by atoms with E-state index < -0.39 is 0 Å². The zero-order valence-electron chi connectivity index (χ0n) is 11.6. The second-order valence-electron chi connectivity index (χ2n) is 5.28. The molecule has 0 saturated carbocycles. The highest BCUT2D eigenvalue weighted by atomic mass is 16.5. The Hall–Kier alpha value is -1.32. The van der Waals surface area contributed by atoms with E-state index >= 15 is 0 Å². The summed E-state index contributed by atoms with van der Waals surface area (Å²) < 4.78 is 5.10. The van der Waals surface area contributed by atoms with Gasteiger partial charge in [-0.1, -0.05) is 12.2 Å². The van der Waals surface area contributed by atoms with E-state index in [0.29, 0.717) is 13.2 Å². The fraction of sp³-hybridized carbons (Fsp3) is 0.733. The van der Waals surface area contributed by atoms with Gasteiger partial charge in [-0.2, -0.15) is 0 Å². The molecule has 1 aliphatic carbocycles. The number of hydrogen-bond donors (Lipinski definition) is 0. The summed E-state index contributed by atoms with van der Waals surface area (Å²) in [5.41, 5.74) is 0. The lowest BCUT2D eigenvalue weighted by Crippen LogP contribution is -2.50. The highest BCUT2D eigenvalue weighted by Gasteiger charge is 2.35. The third kappa shape index (κ3) is 3.37. The van der Waals surface area contributed by atoms with Gasteiger partial charge in [-0.25, -0.2) is 4.79 Å². The molecule has 1 amide bonds. The number of carbonyl (C=O) groups is 2. The molecule has 1 saturated heterocycles. The fourth-order valence-corrected chi connectivity index (χ4v) is 2.93. The molecular formula is C15H23NO3. The van der Waals surface area contributed by atoms with Gasteiger partial charge in [-0.3, -0.25) is 4.79 Å². The number of carbonyl (C=O) groups excluding carboxylic acids is 2. The molecule has 0 radical (unpaired) electrons. The molecule has 0 bridgehead atoms. The summed E-state index contributed by atoms with van der Waals surface area (Å²) in [6, 6.07) is -0.355. The normalized spacial score (nSPS) is 27.1. The second kappa shape index (κ2) is 6.73. The zero-order chi connectivity index (χ0) is 13.7. The van der Waals surface area contributed by atoms with E-state index in [0.717, 1.165) is 38.5 Å². The van der Waals surface area contributed by atoms with Gasteiger partial charge in [0.2, 0.25) is 5.91 Å². The maximum Gasteiger partial charge on any atom is 0.328 e. The molecule has 0 aromatic rings. The molecule has 1 heterocycles. The summed E-state index contributed by atoms with van der Waals surface area (Å²) in [7, 11) is 0. The molecule has 106 valence electrons. The van der Waals surface area contributed by atoms with Gasteiger partial charge in [0.1, 0.15) is 6.04 Å². The van der Waals surface area contributed by atoms with Crippen LogP contribution in [0.3, 0.4) is 0 Å². The molecule has 1 aliphatic heterocycles. The van der Waals surface area contributed by atoms with Crippen LogP contribution in [0.15, 0.2) is 12.2 Å². The first kappa shape index (κ1) is 14.1. The number of piperidine rings is 1. The first-order chi connectivity index (χ1) is 9.24. The van der Waals surface area contributed by atoms with E-state index in [9.17, 15) is 9.59 Å². The Morgan fingerprint density at radius 1 is 1.26 bits per heavy atom. The van der Waals surface area contributed by atoms with Crippen molar-refractivity contribution in [2.24, 2.45) is 5.92 Å². The molecule has 4 nitrogen and oxygen atoms in total. The van der Waals surface area contributed by atoms with Gasteiger partial charge in [-0.05, 0) is 45.4 Å². The number of hydrogen-bond acceptors (Lipinski definition) is 3. The maximum atomic E-state index is 12.6. The minimum atomic E-state index is -0.355. The highest BCUT2D eigenvalue weighted by Crippen LogP contribution is 2.26. The van der Waals surface area contributed by atoms with Gasteiger partial charge in [-0.15, -0.1) is 0 Å². The molecule has 0 spiro atoms. The van der Waals surface area contributed by atoms with Crippen LogP contribution in [-0.4, -0.2) is 36.0 Å². The molecule has 2 aliphatic rings. The van der Waals surface area contributed by atoms with Crippen LogP contribution in [0.4, 0.5) is 0 Å². The third-order valence-electron chi connectivity index (χ3n) is 3.96. The number of nitrogens with zero attached hydrogens (tertiary/aromatic N) is 1. The molecule has 4 heteroatoms. The number of allylic oxidation sites excluding steroid dienone is 2. The van der Waals surface area contributed by atoms with Crippen LogP contribution in [-0.2, 0) is 14.3 Å². The van der Waals surface area contributed by atoms with E-state index in [1.54, 1.807) is 11.8 Å². The quantitative estimate of drug-likeness (QED) is 0.581. The largest absolute Gasteiger partial charge is 0.464 e. The predicted molar refractivity (Wildman–Crippen MR) is 72.5 cm³/mol. The molecule has 1 fully saturated rings. The third-order valence-corrected chi connectivity index (χ3v) is 3.96. The first-order valence-corrected chi connectivity index (χ1v) is 7.36. The summed E-state index contributed by atoms with van der Waals surface area (Å²) in [4.78, 5) is 26.3. The Labute approximate surface area is 114 Å². The molecule has 2 unspecified atom stereocenters. The molecule has 2 atom stereocenters. The van der Waals surface area contributed by atoms with Crippen molar-refractivity contribution < 1.29 is 14.3 Å². The lowest BCUT2D eigenvalue weighted by atomic mass is 9.91. The van der Waals surface area contributed by atoms with Crippen molar-refractivity contribution in [3.05, 3.63) is 12.2 Å². The summed E-state index contributed by atoms with van der Waals surface area (Å²) in [6.07, 6.45) is 9.62. The molecule has 0 aromatic heterocycles. The van der Waals surface area contributed by atoms with Gasteiger partial charge in [0.05, 0.1) is 6.61 Å². The van der Waals surface area contributed by atoms with E-state index in [4.69, 9.17) is 4.74 Å². The van der Waals surface area contributed by atoms with Crippen LogP contribution in [0.1, 0.15) is 45.4 Å². The Bertz CT molecular complexity index is 364. The minimum absolute atomic E-state index is 0.0556. The number of amides is 1. The van der Waals surface area contributed by atoms with E-state index in [1.165, 1.54) is 0 Å². The molecule has 2 rings (SSSR count). The Kier molecular flexibility index (Phi) is 5.00. The van der Waals surface area contributed by atoms with Crippen molar-refractivity contribution >= 4 is 11.9 Å². The molecule has 19 heavy (non-hydrogen) atoms. The minimum Gasteiger partial charge on any atom is -0.464 e. The number of esters is 1. The Balaban J connectivity index is 2.03. The molecule has 0 aromatic carbocycles. The lowest BCUT2D eigenvalue weighted by molar-refractivity contribution is -0.158. The van der Waals surface area contributed by atoms with Gasteiger partial charge in [0.15, 0.2) is 0 Å². The predicted octanol–water partition coefficient (Wildman–Crippen LogP) is 2.29. The standard InChI is InChI=1S/C15H23NO3/c1-2-19-15(18)13-10-6-7-11-16(13)14(17)12-8-4-3-5-9-12/h3-4,12-13H,2,5-11H2,1H3. The van der Waals surface area contributed by atoms with Crippen molar-refractivity contribution in [2.45, 2.75) is 51.5 Å². The van der Waals surface area contributed by atoms with Crippen molar-refractivity contribution in [2.75, 3.05) is 13.2 Å². The van der Waals surface area contributed by atoms with Gasteiger partial charge >= 0.3 is 5.97 Å². The topological polar surface area (TPSA) is 46.6 Å². The smallest absolute Gasteiger partial charge is 0.328 e. The first-order valence-electron chi connectivity index (χ1n) is 7.36. The summed E-state index contributed by atoms with van der Waals surface area (Å²) >= 11 is 0. The Morgan fingerprint density at radius 2 is 2.11 bits per heavy atom. The summed E-state index contributed by atoms with van der Waals surface area (Å²) in [5.74, 6) is -0.0379. The maximum absolute atomic E-state index is 12.6. The van der Waals surface area contributed by atoms with Crippen LogP contribution >= 0.6 is 0 Å². The van der Waals surface area contributed by atoms with Crippen molar-refractivity contribution in [3.63, 3.8) is 0 Å². The van der Waals surface area contributed by atoms with Gasteiger partial charge in [0, 0.05) is 12.5 Å². The van der Waals surface area contributed by atoms with Crippen molar-refractivity contribution in [1.29, 1.82) is 0 Å². The fourth-order valence-electron chi connectivity index (χ4n) is 2.93. The average Bonchev–Trinajstić information content (AvgIpc) is 2.47. The monoisotopic (exact) mass is 265 g/mol. The van der Waals surface area contributed by atoms with Crippen LogP contribution in [0.2, 0.25) is 0 Å². The van der Waals surface area contributed by atoms with E-state index in [2.05, 4.69) is 12.2 Å². The van der Waals surface area contributed by atoms with Crippen molar-refractivity contribution in [1.82, 2.24) is 4.90 Å². The zero-order valence-corrected chi connectivity index (χ0v) is 11.6.